The number of nitrogens with zero attached hydrogens (tertiary/aromatic N) is 4. The summed E-state index contributed by atoms with van der Waals surface area (Å²) in [6.07, 6.45) is 3.34. The third kappa shape index (κ3) is 2.25. The summed E-state index contributed by atoms with van der Waals surface area (Å²) in [7, 11) is 3.50. The molecule has 16 heavy (non-hydrogen) atoms. The molecule has 5 heteroatoms. The fourth-order valence-electron chi connectivity index (χ4n) is 1.20. The van der Waals surface area contributed by atoms with Crippen molar-refractivity contribution in [1.82, 2.24) is 9.55 Å². The molecule has 82 valence electrons. The van der Waals surface area contributed by atoms with Gasteiger partial charge < -0.3 is 9.30 Å². The Labute approximate surface area is 93.4 Å². The maximum Gasteiger partial charge on any atom is 0.174 e. The zero-order valence-corrected chi connectivity index (χ0v) is 9.16. The predicted molar refractivity (Wildman–Crippen MR) is 60.4 cm³/mol. The van der Waals surface area contributed by atoms with Gasteiger partial charge in [0, 0.05) is 7.05 Å². The highest BCUT2D eigenvalue weighted by Crippen LogP contribution is 2.20. The molecule has 0 bridgehead atoms. The van der Waals surface area contributed by atoms with E-state index in [1.807, 2.05) is 31.3 Å². The Hall–Kier alpha value is -2.17. The van der Waals surface area contributed by atoms with Gasteiger partial charge in [0.1, 0.15) is 5.75 Å². The minimum absolute atomic E-state index is 0.718. The first-order chi connectivity index (χ1) is 7.79. The summed E-state index contributed by atoms with van der Waals surface area (Å²) in [5.74, 6) is 1.52. The van der Waals surface area contributed by atoms with Crippen molar-refractivity contribution >= 4 is 11.5 Å². The highest BCUT2D eigenvalue weighted by atomic mass is 16.5. The van der Waals surface area contributed by atoms with Crippen LogP contribution in [0.25, 0.3) is 0 Å². The minimum atomic E-state index is 0.718. The van der Waals surface area contributed by atoms with Gasteiger partial charge in [-0.3, -0.25) is 0 Å². The molecule has 1 heterocycles. The van der Waals surface area contributed by atoms with E-state index in [4.69, 9.17) is 4.74 Å². The smallest absolute Gasteiger partial charge is 0.174 e. The molecule has 1 aromatic heterocycles. The third-order valence-electron chi connectivity index (χ3n) is 2.13. The lowest BCUT2D eigenvalue weighted by Crippen LogP contribution is -1.81. The molecule has 2 aromatic rings. The summed E-state index contributed by atoms with van der Waals surface area (Å²) >= 11 is 0. The Morgan fingerprint density at radius 2 is 1.94 bits per heavy atom. The number of hydrogen-bond donors (Lipinski definition) is 0. The quantitative estimate of drug-likeness (QED) is 0.741. The number of ether oxygens (including phenoxy) is 1. The average Bonchev–Trinajstić information content (AvgIpc) is 2.73. The molecule has 0 aliphatic carbocycles. The van der Waals surface area contributed by atoms with E-state index in [-0.39, 0.29) is 0 Å². The van der Waals surface area contributed by atoms with Crippen molar-refractivity contribution in [3.63, 3.8) is 0 Å². The van der Waals surface area contributed by atoms with Crippen LogP contribution in [-0.2, 0) is 7.05 Å². The molecule has 5 nitrogen and oxygen atoms in total. The first kappa shape index (κ1) is 10.4. The molecule has 0 amide bonds. The molecule has 0 aliphatic rings. The van der Waals surface area contributed by atoms with Crippen molar-refractivity contribution in [2.24, 2.45) is 17.3 Å². The summed E-state index contributed by atoms with van der Waals surface area (Å²) < 4.78 is 6.85. The molecule has 0 atom stereocenters. The molecule has 0 aliphatic heterocycles. The topological polar surface area (TPSA) is 51.8 Å². The van der Waals surface area contributed by atoms with Crippen LogP contribution in [0.4, 0.5) is 11.5 Å². The lowest BCUT2D eigenvalue weighted by atomic mass is 10.3. The number of azo groups is 1. The van der Waals surface area contributed by atoms with E-state index in [0.717, 1.165) is 17.3 Å². The Morgan fingerprint density at radius 1 is 1.19 bits per heavy atom. The molecule has 2 rings (SSSR count). The molecule has 0 radical (unpaired) electrons. The van der Waals surface area contributed by atoms with Gasteiger partial charge in [-0.25, -0.2) is 4.98 Å². The van der Waals surface area contributed by atoms with Gasteiger partial charge in [0.25, 0.3) is 0 Å². The van der Waals surface area contributed by atoms with Crippen LogP contribution in [0, 0.1) is 0 Å². The predicted octanol–water partition coefficient (Wildman–Crippen LogP) is 2.84. The van der Waals surface area contributed by atoms with E-state index in [2.05, 4.69) is 15.2 Å². The van der Waals surface area contributed by atoms with E-state index < -0.39 is 0 Å². The van der Waals surface area contributed by atoms with Crippen LogP contribution in [0.3, 0.4) is 0 Å². The van der Waals surface area contributed by atoms with Crippen LogP contribution in [0.15, 0.2) is 47.0 Å². The lowest BCUT2D eigenvalue weighted by Gasteiger charge is -1.98. The number of methoxy groups -OCH3 is 1. The Balaban J connectivity index is 2.14. The second-order valence-corrected chi connectivity index (χ2v) is 3.26. The number of benzene rings is 1. The number of hydrogen-bond acceptors (Lipinski definition) is 4. The highest BCUT2D eigenvalue weighted by molar-refractivity contribution is 5.41. The monoisotopic (exact) mass is 216 g/mol. The van der Waals surface area contributed by atoms with Gasteiger partial charge >= 0.3 is 0 Å². The SMILES string of the molecule is COc1ccc(N=Nc2cncn2C)cc1. The van der Waals surface area contributed by atoms with Crippen LogP contribution in [-0.4, -0.2) is 16.7 Å². The van der Waals surface area contributed by atoms with Crippen LogP contribution < -0.4 is 4.74 Å². The maximum atomic E-state index is 5.05. The summed E-state index contributed by atoms with van der Waals surface area (Å²) in [6, 6.07) is 7.38. The zero-order valence-electron chi connectivity index (χ0n) is 9.16. The van der Waals surface area contributed by atoms with E-state index in [1.54, 1.807) is 24.2 Å². The minimum Gasteiger partial charge on any atom is -0.497 e. The van der Waals surface area contributed by atoms with Gasteiger partial charge in [-0.15, -0.1) is 10.2 Å². The standard InChI is InChI=1S/C11H12N4O/c1-15-8-12-7-11(15)14-13-9-3-5-10(16-2)6-4-9/h3-8H,1-2H3. The second kappa shape index (κ2) is 4.57. The van der Waals surface area contributed by atoms with Gasteiger partial charge in [-0.1, -0.05) is 0 Å². The van der Waals surface area contributed by atoms with Crippen LogP contribution in [0.5, 0.6) is 5.75 Å². The number of rotatable bonds is 3. The van der Waals surface area contributed by atoms with E-state index in [9.17, 15) is 0 Å². The van der Waals surface area contributed by atoms with E-state index >= 15 is 0 Å². The molecule has 0 unspecified atom stereocenters. The largest absolute Gasteiger partial charge is 0.497 e. The normalized spacial score (nSPS) is 10.9. The van der Waals surface area contributed by atoms with Crippen molar-refractivity contribution in [3.8, 4) is 5.75 Å². The van der Waals surface area contributed by atoms with Crippen molar-refractivity contribution in [1.29, 1.82) is 0 Å². The lowest BCUT2D eigenvalue weighted by molar-refractivity contribution is 0.415. The summed E-state index contributed by atoms with van der Waals surface area (Å²) in [4.78, 5) is 3.95. The van der Waals surface area contributed by atoms with Gasteiger partial charge in [-0.05, 0) is 24.3 Å². The number of aromatic nitrogens is 2. The molecule has 0 saturated carbocycles. The number of imidazole rings is 1. The van der Waals surface area contributed by atoms with Gasteiger partial charge in [0.15, 0.2) is 5.82 Å². The van der Waals surface area contributed by atoms with Gasteiger partial charge in [-0.2, -0.15) is 0 Å². The fraction of sp³-hybridized carbons (Fsp3) is 0.182. The third-order valence-corrected chi connectivity index (χ3v) is 2.13. The average molecular weight is 216 g/mol. The Kier molecular flexibility index (Phi) is 2.95. The van der Waals surface area contributed by atoms with Crippen LogP contribution in [0.1, 0.15) is 0 Å². The van der Waals surface area contributed by atoms with E-state index in [0.29, 0.717) is 0 Å². The molecule has 0 fully saturated rings. The Bertz CT molecular complexity index is 487. The Morgan fingerprint density at radius 3 is 2.50 bits per heavy atom. The zero-order chi connectivity index (χ0) is 11.4. The van der Waals surface area contributed by atoms with Gasteiger partial charge in [0.05, 0.1) is 25.3 Å². The summed E-state index contributed by atoms with van der Waals surface area (Å²) in [5.41, 5.74) is 0.780. The summed E-state index contributed by atoms with van der Waals surface area (Å²) in [6.45, 7) is 0. The maximum absolute atomic E-state index is 5.05. The first-order valence-electron chi connectivity index (χ1n) is 4.82. The van der Waals surface area contributed by atoms with Crippen molar-refractivity contribution in [2.75, 3.05) is 7.11 Å². The number of aryl methyl sites for hydroxylation is 1. The molecule has 0 saturated heterocycles. The van der Waals surface area contributed by atoms with Crippen LogP contribution >= 0.6 is 0 Å². The molecular weight excluding hydrogens is 204 g/mol. The molecule has 0 N–H and O–H groups in total. The second-order valence-electron chi connectivity index (χ2n) is 3.26. The fourth-order valence-corrected chi connectivity index (χ4v) is 1.20. The van der Waals surface area contributed by atoms with Crippen molar-refractivity contribution in [2.45, 2.75) is 0 Å². The van der Waals surface area contributed by atoms with Crippen LogP contribution in [0.2, 0.25) is 0 Å². The first-order valence-corrected chi connectivity index (χ1v) is 4.82. The highest BCUT2D eigenvalue weighted by Gasteiger charge is 1.95. The van der Waals surface area contributed by atoms with Gasteiger partial charge in [0.2, 0.25) is 0 Å². The molecule has 1 aromatic carbocycles. The molecule has 0 spiro atoms. The molecular formula is C11H12N4O. The summed E-state index contributed by atoms with van der Waals surface area (Å²) in [5, 5.41) is 8.17. The van der Waals surface area contributed by atoms with Crippen molar-refractivity contribution < 1.29 is 4.74 Å². The van der Waals surface area contributed by atoms with E-state index in [1.165, 1.54) is 0 Å². The van der Waals surface area contributed by atoms with Crippen molar-refractivity contribution in [3.05, 3.63) is 36.8 Å².